The van der Waals surface area contributed by atoms with Crippen LogP contribution >= 0.6 is 11.8 Å². The van der Waals surface area contributed by atoms with Crippen LogP contribution in [0.2, 0.25) is 0 Å². The van der Waals surface area contributed by atoms with Crippen molar-refractivity contribution in [3.63, 3.8) is 0 Å². The molecule has 0 radical (unpaired) electrons. The first-order chi connectivity index (χ1) is 9.27. The Kier molecular flexibility index (Phi) is 5.49. The van der Waals surface area contributed by atoms with Crippen molar-refractivity contribution >= 4 is 11.8 Å². The predicted molar refractivity (Wildman–Crippen MR) is 84.8 cm³/mol. The molecule has 0 aliphatic heterocycles. The Morgan fingerprint density at radius 3 is 2.42 bits per heavy atom. The highest BCUT2D eigenvalue weighted by Crippen LogP contribution is 2.18. The second kappa shape index (κ2) is 7.37. The summed E-state index contributed by atoms with van der Waals surface area (Å²) in [5, 5.41) is 3.59. The Hall–Kier alpha value is -1.25. The summed E-state index contributed by atoms with van der Waals surface area (Å²) in [5.41, 5.74) is 2.76. The molecular formula is C17H21NS. The van der Waals surface area contributed by atoms with Crippen LogP contribution in [0.5, 0.6) is 0 Å². The monoisotopic (exact) mass is 271 g/mol. The summed E-state index contributed by atoms with van der Waals surface area (Å²) in [4.78, 5) is 1.34. The quantitative estimate of drug-likeness (QED) is 0.616. The summed E-state index contributed by atoms with van der Waals surface area (Å²) in [5.74, 6) is 1.10. The van der Waals surface area contributed by atoms with E-state index < -0.39 is 0 Å². The summed E-state index contributed by atoms with van der Waals surface area (Å²) >= 11 is 1.90. The van der Waals surface area contributed by atoms with E-state index in [0.717, 1.165) is 12.3 Å². The highest BCUT2D eigenvalue weighted by Gasteiger charge is 2.06. The first kappa shape index (κ1) is 14.2. The second-order valence-electron chi connectivity index (χ2n) is 4.69. The van der Waals surface area contributed by atoms with E-state index in [2.05, 4.69) is 73.8 Å². The van der Waals surface area contributed by atoms with Gasteiger partial charge >= 0.3 is 0 Å². The molecule has 19 heavy (non-hydrogen) atoms. The lowest BCUT2D eigenvalue weighted by molar-refractivity contribution is 0.598. The molecule has 0 bridgehead atoms. The topological polar surface area (TPSA) is 12.0 Å². The maximum Gasteiger partial charge on any atom is 0.0294 e. The Morgan fingerprint density at radius 2 is 1.68 bits per heavy atom. The lowest BCUT2D eigenvalue weighted by atomic mass is 10.0. The Bertz CT molecular complexity index is 496. The van der Waals surface area contributed by atoms with Gasteiger partial charge in [0.1, 0.15) is 0 Å². The first-order valence-electron chi connectivity index (χ1n) is 6.74. The number of hydrogen-bond acceptors (Lipinski definition) is 2. The molecule has 0 spiro atoms. The second-order valence-corrected chi connectivity index (χ2v) is 5.86. The number of nitrogens with one attached hydrogen (secondary N) is 1. The number of benzene rings is 2. The Labute approximate surface area is 120 Å². The van der Waals surface area contributed by atoms with Gasteiger partial charge in [0.15, 0.2) is 0 Å². The summed E-state index contributed by atoms with van der Waals surface area (Å²) < 4.78 is 0. The van der Waals surface area contributed by atoms with Gasteiger partial charge in [0.05, 0.1) is 0 Å². The van der Waals surface area contributed by atoms with E-state index in [1.54, 1.807) is 0 Å². The fraction of sp³-hybridized carbons (Fsp3) is 0.294. The van der Waals surface area contributed by atoms with Crippen LogP contribution in [0, 0.1) is 6.92 Å². The van der Waals surface area contributed by atoms with Gasteiger partial charge in [-0.15, -0.1) is 11.8 Å². The van der Waals surface area contributed by atoms with Crippen LogP contribution in [-0.2, 0) is 0 Å². The standard InChI is InChI=1S/C17H21NS/c1-14-8-6-7-11-17(14)15(2)18-12-13-19-16-9-4-3-5-10-16/h3-11,15,18H,12-13H2,1-2H3/t15-/m0/s1. The molecule has 0 amide bonds. The number of hydrogen-bond donors (Lipinski definition) is 1. The van der Waals surface area contributed by atoms with E-state index in [0.29, 0.717) is 6.04 Å². The van der Waals surface area contributed by atoms with Gasteiger partial charge in [-0.1, -0.05) is 42.5 Å². The third-order valence-electron chi connectivity index (χ3n) is 3.22. The lowest BCUT2D eigenvalue weighted by Gasteiger charge is -2.16. The van der Waals surface area contributed by atoms with Crippen molar-refractivity contribution in [1.82, 2.24) is 5.32 Å². The third kappa shape index (κ3) is 4.41. The van der Waals surface area contributed by atoms with Crippen LogP contribution in [0.4, 0.5) is 0 Å². The van der Waals surface area contributed by atoms with Crippen LogP contribution in [-0.4, -0.2) is 12.3 Å². The summed E-state index contributed by atoms with van der Waals surface area (Å²) in [6.45, 7) is 5.43. The van der Waals surface area contributed by atoms with Crippen molar-refractivity contribution in [3.05, 3.63) is 65.7 Å². The molecular weight excluding hydrogens is 250 g/mol. The van der Waals surface area contributed by atoms with Gasteiger partial charge in [-0.3, -0.25) is 0 Å². The molecule has 0 fully saturated rings. The summed E-state index contributed by atoms with van der Waals surface area (Å²) in [6, 6.07) is 19.6. The molecule has 0 aliphatic rings. The maximum absolute atomic E-state index is 3.59. The molecule has 2 aromatic carbocycles. The smallest absolute Gasteiger partial charge is 0.0294 e. The van der Waals surface area contributed by atoms with E-state index in [-0.39, 0.29) is 0 Å². The minimum Gasteiger partial charge on any atom is -0.309 e. The van der Waals surface area contributed by atoms with Crippen molar-refractivity contribution in [1.29, 1.82) is 0 Å². The number of rotatable bonds is 6. The Morgan fingerprint density at radius 1 is 1.00 bits per heavy atom. The third-order valence-corrected chi connectivity index (χ3v) is 4.23. The van der Waals surface area contributed by atoms with Gasteiger partial charge in [0, 0.05) is 23.2 Å². The van der Waals surface area contributed by atoms with Gasteiger partial charge in [0.25, 0.3) is 0 Å². The largest absolute Gasteiger partial charge is 0.309 e. The van der Waals surface area contributed by atoms with Crippen LogP contribution in [0.25, 0.3) is 0 Å². The molecule has 1 nitrogen and oxygen atoms in total. The molecule has 2 aromatic rings. The summed E-state index contributed by atoms with van der Waals surface area (Å²) in [6.07, 6.45) is 0. The van der Waals surface area contributed by atoms with E-state index in [1.807, 2.05) is 11.8 Å². The molecule has 0 heterocycles. The Balaban J connectivity index is 1.76. The van der Waals surface area contributed by atoms with Gasteiger partial charge < -0.3 is 5.32 Å². The lowest BCUT2D eigenvalue weighted by Crippen LogP contribution is -2.21. The zero-order chi connectivity index (χ0) is 13.5. The molecule has 100 valence electrons. The van der Waals surface area contributed by atoms with E-state index in [1.165, 1.54) is 16.0 Å². The zero-order valence-corrected chi connectivity index (χ0v) is 12.4. The van der Waals surface area contributed by atoms with E-state index in [4.69, 9.17) is 0 Å². The van der Waals surface area contributed by atoms with Gasteiger partial charge in [-0.25, -0.2) is 0 Å². The van der Waals surface area contributed by atoms with Gasteiger partial charge in [0.2, 0.25) is 0 Å². The molecule has 0 unspecified atom stereocenters. The average Bonchev–Trinajstić information content (AvgIpc) is 2.45. The molecule has 0 saturated heterocycles. The van der Waals surface area contributed by atoms with Crippen molar-refractivity contribution in [3.8, 4) is 0 Å². The van der Waals surface area contributed by atoms with E-state index >= 15 is 0 Å². The number of thioether (sulfide) groups is 1. The van der Waals surface area contributed by atoms with E-state index in [9.17, 15) is 0 Å². The SMILES string of the molecule is Cc1ccccc1[C@H](C)NCCSc1ccccc1. The van der Waals surface area contributed by atoms with Crippen molar-refractivity contribution < 1.29 is 0 Å². The maximum atomic E-state index is 3.59. The molecule has 2 heteroatoms. The van der Waals surface area contributed by atoms with Crippen LogP contribution < -0.4 is 5.32 Å². The first-order valence-corrected chi connectivity index (χ1v) is 7.72. The molecule has 1 atom stereocenters. The zero-order valence-electron chi connectivity index (χ0n) is 11.6. The highest BCUT2D eigenvalue weighted by atomic mass is 32.2. The van der Waals surface area contributed by atoms with Crippen molar-refractivity contribution in [2.75, 3.05) is 12.3 Å². The van der Waals surface area contributed by atoms with Crippen molar-refractivity contribution in [2.24, 2.45) is 0 Å². The van der Waals surface area contributed by atoms with Crippen molar-refractivity contribution in [2.45, 2.75) is 24.8 Å². The fourth-order valence-corrected chi connectivity index (χ4v) is 2.95. The van der Waals surface area contributed by atoms with Gasteiger partial charge in [-0.2, -0.15) is 0 Å². The minimum atomic E-state index is 0.414. The molecule has 0 aromatic heterocycles. The highest BCUT2D eigenvalue weighted by molar-refractivity contribution is 7.99. The summed E-state index contributed by atoms with van der Waals surface area (Å²) in [7, 11) is 0. The average molecular weight is 271 g/mol. The van der Waals surface area contributed by atoms with Crippen LogP contribution in [0.3, 0.4) is 0 Å². The fourth-order valence-electron chi connectivity index (χ4n) is 2.14. The van der Waals surface area contributed by atoms with Gasteiger partial charge in [-0.05, 0) is 37.1 Å². The predicted octanol–water partition coefficient (Wildman–Crippen LogP) is 4.44. The number of aryl methyl sites for hydroxylation is 1. The normalized spacial score (nSPS) is 12.3. The molecule has 0 aliphatic carbocycles. The molecule has 1 N–H and O–H groups in total. The van der Waals surface area contributed by atoms with Crippen LogP contribution in [0.1, 0.15) is 24.1 Å². The molecule has 2 rings (SSSR count). The molecule has 0 saturated carbocycles. The van der Waals surface area contributed by atoms with Crippen LogP contribution in [0.15, 0.2) is 59.5 Å². The minimum absolute atomic E-state index is 0.414.